The highest BCUT2D eigenvalue weighted by atomic mass is 19.4. The summed E-state index contributed by atoms with van der Waals surface area (Å²) in [5.41, 5.74) is 0. The Kier molecular flexibility index (Phi) is 4.55. The molecule has 1 atom stereocenters. The molecule has 1 N–H and O–H groups in total. The van der Waals surface area contributed by atoms with E-state index < -0.39 is 42.6 Å². The summed E-state index contributed by atoms with van der Waals surface area (Å²) >= 11 is 0. The standard InChI is InChI=1S/C10H11F6NO3/c11-9(12,13)6(10(14,15)16)7(18)17-3-1-2-5(4-17)8(19)20/h5-6H,1-4H2,(H,19,20). The van der Waals surface area contributed by atoms with Gasteiger partial charge in [-0.2, -0.15) is 26.3 Å². The van der Waals surface area contributed by atoms with Gasteiger partial charge >= 0.3 is 18.3 Å². The number of aliphatic carboxylic acids is 1. The largest absolute Gasteiger partial charge is 0.481 e. The zero-order valence-corrected chi connectivity index (χ0v) is 9.96. The van der Waals surface area contributed by atoms with Crippen molar-refractivity contribution in [3.05, 3.63) is 0 Å². The topological polar surface area (TPSA) is 57.6 Å². The summed E-state index contributed by atoms with van der Waals surface area (Å²) in [4.78, 5) is 22.5. The maximum Gasteiger partial charge on any atom is 0.409 e. The van der Waals surface area contributed by atoms with Crippen LogP contribution < -0.4 is 0 Å². The molecule has 0 aromatic rings. The highest BCUT2D eigenvalue weighted by Crippen LogP contribution is 2.40. The minimum atomic E-state index is -5.76. The van der Waals surface area contributed by atoms with E-state index in [1.807, 2.05) is 0 Å². The molecule has 10 heteroatoms. The van der Waals surface area contributed by atoms with Crippen LogP contribution in [-0.2, 0) is 9.59 Å². The maximum absolute atomic E-state index is 12.4. The van der Waals surface area contributed by atoms with Gasteiger partial charge in [0.2, 0.25) is 11.8 Å². The monoisotopic (exact) mass is 307 g/mol. The molecule has 0 radical (unpaired) electrons. The fourth-order valence-electron chi connectivity index (χ4n) is 2.03. The lowest BCUT2D eigenvalue weighted by molar-refractivity contribution is -0.277. The second-order valence-electron chi connectivity index (χ2n) is 4.48. The average Bonchev–Trinajstić information content (AvgIpc) is 2.25. The summed E-state index contributed by atoms with van der Waals surface area (Å²) in [6, 6.07) is 0. The number of carboxylic acid groups (broad SMARTS) is 1. The van der Waals surface area contributed by atoms with Crippen molar-refractivity contribution < 1.29 is 41.0 Å². The Morgan fingerprint density at radius 1 is 1.10 bits per heavy atom. The summed E-state index contributed by atoms with van der Waals surface area (Å²) < 4.78 is 74.4. The summed E-state index contributed by atoms with van der Waals surface area (Å²) in [5.74, 6) is -8.74. The highest BCUT2D eigenvalue weighted by molar-refractivity contribution is 5.81. The number of hydrogen-bond acceptors (Lipinski definition) is 2. The first-order valence-corrected chi connectivity index (χ1v) is 5.59. The zero-order chi connectivity index (χ0) is 15.7. The van der Waals surface area contributed by atoms with Gasteiger partial charge in [0.1, 0.15) is 0 Å². The number of halogens is 6. The lowest BCUT2D eigenvalue weighted by Gasteiger charge is -2.34. The Balaban J connectivity index is 2.93. The molecule has 1 amide bonds. The number of carbonyl (C=O) groups is 2. The van der Waals surface area contributed by atoms with E-state index in [4.69, 9.17) is 5.11 Å². The molecule has 1 heterocycles. The van der Waals surface area contributed by atoms with Crippen LogP contribution in [0.5, 0.6) is 0 Å². The summed E-state index contributed by atoms with van der Waals surface area (Å²) in [5, 5.41) is 8.71. The number of rotatable bonds is 2. The molecule has 1 aliphatic heterocycles. The summed E-state index contributed by atoms with van der Waals surface area (Å²) in [6.45, 7) is -0.956. The predicted octanol–water partition coefficient (Wildman–Crippen LogP) is 2.05. The van der Waals surface area contributed by atoms with Gasteiger partial charge in [-0.05, 0) is 12.8 Å². The van der Waals surface area contributed by atoms with Crippen molar-refractivity contribution in [1.82, 2.24) is 4.90 Å². The molecule has 1 aliphatic rings. The molecule has 0 spiro atoms. The van der Waals surface area contributed by atoms with Crippen LogP contribution in [0.1, 0.15) is 12.8 Å². The van der Waals surface area contributed by atoms with E-state index in [1.54, 1.807) is 0 Å². The molecule has 1 unspecified atom stereocenters. The fraction of sp³-hybridized carbons (Fsp3) is 0.800. The number of amides is 1. The van der Waals surface area contributed by atoms with Crippen LogP contribution >= 0.6 is 0 Å². The van der Waals surface area contributed by atoms with E-state index in [-0.39, 0.29) is 19.4 Å². The third kappa shape index (κ3) is 3.76. The number of alkyl halides is 6. The van der Waals surface area contributed by atoms with Crippen LogP contribution in [0.25, 0.3) is 0 Å². The molecule has 0 saturated carbocycles. The average molecular weight is 307 g/mol. The lowest BCUT2D eigenvalue weighted by atomic mass is 9.96. The van der Waals surface area contributed by atoms with Crippen LogP contribution in [0.15, 0.2) is 0 Å². The number of piperidine rings is 1. The third-order valence-corrected chi connectivity index (χ3v) is 2.98. The Morgan fingerprint density at radius 3 is 2.00 bits per heavy atom. The van der Waals surface area contributed by atoms with Crippen LogP contribution in [-0.4, -0.2) is 47.3 Å². The quantitative estimate of drug-likeness (QED) is 0.794. The van der Waals surface area contributed by atoms with Gasteiger partial charge in [-0.3, -0.25) is 9.59 Å². The Bertz CT molecular complexity index is 377. The minimum absolute atomic E-state index is 0.0468. The number of nitrogens with zero attached hydrogens (tertiary/aromatic N) is 1. The molecule has 1 fully saturated rings. The normalized spacial score (nSPS) is 21.1. The van der Waals surface area contributed by atoms with E-state index >= 15 is 0 Å². The first kappa shape index (κ1) is 16.6. The van der Waals surface area contributed by atoms with Gasteiger partial charge in [0, 0.05) is 13.1 Å². The van der Waals surface area contributed by atoms with Gasteiger partial charge in [-0.25, -0.2) is 0 Å². The van der Waals surface area contributed by atoms with Crippen molar-refractivity contribution in [1.29, 1.82) is 0 Å². The van der Waals surface area contributed by atoms with Gasteiger partial charge in [0.15, 0.2) is 0 Å². The third-order valence-electron chi connectivity index (χ3n) is 2.98. The second kappa shape index (κ2) is 5.49. The molecule has 0 aliphatic carbocycles. The molecule has 116 valence electrons. The Hall–Kier alpha value is -1.48. The van der Waals surface area contributed by atoms with Gasteiger partial charge in [-0.1, -0.05) is 0 Å². The van der Waals surface area contributed by atoms with Crippen molar-refractivity contribution in [3.63, 3.8) is 0 Å². The van der Waals surface area contributed by atoms with E-state index in [2.05, 4.69) is 0 Å². The zero-order valence-electron chi connectivity index (χ0n) is 9.96. The summed E-state index contributed by atoms with van der Waals surface area (Å²) in [6.07, 6.45) is -11.4. The van der Waals surface area contributed by atoms with E-state index in [0.717, 1.165) is 0 Å². The van der Waals surface area contributed by atoms with Gasteiger partial charge in [0.05, 0.1) is 5.92 Å². The van der Waals surface area contributed by atoms with Crippen molar-refractivity contribution in [3.8, 4) is 0 Å². The Labute approximate surface area is 109 Å². The SMILES string of the molecule is O=C(O)C1CCCN(C(=O)C(C(F)(F)F)C(F)(F)F)C1. The fourth-order valence-corrected chi connectivity index (χ4v) is 2.03. The van der Waals surface area contributed by atoms with Gasteiger partial charge in [0.25, 0.3) is 0 Å². The molecular weight excluding hydrogens is 296 g/mol. The van der Waals surface area contributed by atoms with E-state index in [1.165, 1.54) is 0 Å². The molecule has 0 aromatic heterocycles. The van der Waals surface area contributed by atoms with E-state index in [0.29, 0.717) is 4.90 Å². The van der Waals surface area contributed by atoms with Crippen molar-refractivity contribution in [2.45, 2.75) is 25.2 Å². The number of likely N-dealkylation sites (tertiary alicyclic amines) is 1. The molecule has 20 heavy (non-hydrogen) atoms. The first-order chi connectivity index (χ1) is 8.94. The molecule has 4 nitrogen and oxygen atoms in total. The van der Waals surface area contributed by atoms with Gasteiger partial charge in [-0.15, -0.1) is 0 Å². The molecule has 0 aromatic carbocycles. The molecule has 0 bridgehead atoms. The second-order valence-corrected chi connectivity index (χ2v) is 4.48. The number of hydrogen-bond donors (Lipinski definition) is 1. The maximum atomic E-state index is 12.4. The van der Waals surface area contributed by atoms with Crippen LogP contribution in [0.4, 0.5) is 26.3 Å². The van der Waals surface area contributed by atoms with Crippen LogP contribution in [0.3, 0.4) is 0 Å². The molecular formula is C10H11F6NO3. The van der Waals surface area contributed by atoms with Crippen molar-refractivity contribution in [2.75, 3.05) is 13.1 Å². The van der Waals surface area contributed by atoms with Crippen LogP contribution in [0.2, 0.25) is 0 Å². The van der Waals surface area contributed by atoms with Crippen molar-refractivity contribution >= 4 is 11.9 Å². The number of carbonyl (C=O) groups excluding carboxylic acids is 1. The molecule has 1 rings (SSSR count). The van der Waals surface area contributed by atoms with Crippen molar-refractivity contribution in [2.24, 2.45) is 11.8 Å². The van der Waals surface area contributed by atoms with E-state index in [9.17, 15) is 35.9 Å². The lowest BCUT2D eigenvalue weighted by Crippen LogP contribution is -2.52. The van der Waals surface area contributed by atoms with Crippen LogP contribution in [0, 0.1) is 11.8 Å². The van der Waals surface area contributed by atoms with Gasteiger partial charge < -0.3 is 10.0 Å². The minimum Gasteiger partial charge on any atom is -0.481 e. The predicted molar refractivity (Wildman–Crippen MR) is 52.5 cm³/mol. The highest BCUT2D eigenvalue weighted by Gasteiger charge is 2.62. The summed E-state index contributed by atoms with van der Waals surface area (Å²) in [7, 11) is 0. The molecule has 1 saturated heterocycles. The number of carboxylic acids is 1. The first-order valence-electron chi connectivity index (χ1n) is 5.59. The smallest absolute Gasteiger partial charge is 0.409 e. The Morgan fingerprint density at radius 2 is 1.60 bits per heavy atom.